The maximum atomic E-state index is 12.3. The number of hydrogen-bond acceptors (Lipinski definition) is 6. The summed E-state index contributed by atoms with van der Waals surface area (Å²) in [6.45, 7) is 2.47. The molecule has 0 atom stereocenters. The predicted octanol–water partition coefficient (Wildman–Crippen LogP) is 4.94. The van der Waals surface area contributed by atoms with E-state index in [-0.39, 0.29) is 11.6 Å². The summed E-state index contributed by atoms with van der Waals surface area (Å²) in [5.41, 5.74) is 3.87. The van der Waals surface area contributed by atoms with Crippen molar-refractivity contribution in [3.63, 3.8) is 0 Å². The highest BCUT2D eigenvalue weighted by molar-refractivity contribution is 6.13. The fourth-order valence-electron chi connectivity index (χ4n) is 3.30. The Bertz CT molecular complexity index is 1210. The third-order valence-electron chi connectivity index (χ3n) is 4.91. The van der Waals surface area contributed by atoms with Crippen molar-refractivity contribution in [2.45, 2.75) is 13.5 Å². The van der Waals surface area contributed by atoms with Gasteiger partial charge in [0.25, 0.3) is 0 Å². The Morgan fingerprint density at radius 3 is 2.56 bits per heavy atom. The molecule has 0 unspecified atom stereocenters. The van der Waals surface area contributed by atoms with E-state index < -0.39 is 5.97 Å². The maximum absolute atomic E-state index is 12.3. The first-order chi connectivity index (χ1) is 15.6. The van der Waals surface area contributed by atoms with Gasteiger partial charge in [0.05, 0.1) is 14.2 Å². The third-order valence-corrected chi connectivity index (χ3v) is 4.91. The molecule has 162 valence electrons. The van der Waals surface area contributed by atoms with Crippen LogP contribution in [-0.4, -0.2) is 26.1 Å². The molecule has 0 N–H and O–H groups in total. The zero-order valence-electron chi connectivity index (χ0n) is 18.1. The topological polar surface area (TPSA) is 66.3 Å². The Hall–Kier alpha value is -4.06. The van der Waals surface area contributed by atoms with Gasteiger partial charge in [0.2, 0.25) is 5.90 Å². The molecule has 6 heteroatoms. The van der Waals surface area contributed by atoms with Crippen LogP contribution >= 0.6 is 0 Å². The first kappa shape index (κ1) is 21.2. The van der Waals surface area contributed by atoms with Crippen LogP contribution in [0.4, 0.5) is 0 Å². The van der Waals surface area contributed by atoms with Gasteiger partial charge in [0, 0.05) is 5.56 Å². The fourth-order valence-corrected chi connectivity index (χ4v) is 3.30. The number of carbonyl (C=O) groups is 1. The van der Waals surface area contributed by atoms with Gasteiger partial charge < -0.3 is 18.9 Å². The largest absolute Gasteiger partial charge is 0.497 e. The number of aliphatic imine (C=N–C) groups is 1. The molecule has 0 saturated carbocycles. The zero-order chi connectivity index (χ0) is 22.5. The molecule has 1 aliphatic rings. The molecule has 0 aliphatic carbocycles. The molecule has 6 nitrogen and oxygen atoms in total. The van der Waals surface area contributed by atoms with Crippen molar-refractivity contribution in [1.29, 1.82) is 0 Å². The first-order valence-electron chi connectivity index (χ1n) is 10.1. The van der Waals surface area contributed by atoms with Crippen LogP contribution in [0.2, 0.25) is 0 Å². The Labute approximate surface area is 186 Å². The van der Waals surface area contributed by atoms with Gasteiger partial charge in [-0.2, -0.15) is 0 Å². The van der Waals surface area contributed by atoms with Gasteiger partial charge in [0.15, 0.2) is 17.2 Å². The lowest BCUT2D eigenvalue weighted by atomic mass is 10.1. The molecule has 3 aromatic carbocycles. The van der Waals surface area contributed by atoms with E-state index in [0.29, 0.717) is 29.4 Å². The van der Waals surface area contributed by atoms with E-state index in [1.54, 1.807) is 38.5 Å². The third kappa shape index (κ3) is 4.81. The van der Waals surface area contributed by atoms with Crippen molar-refractivity contribution in [2.75, 3.05) is 14.2 Å². The van der Waals surface area contributed by atoms with Crippen molar-refractivity contribution in [1.82, 2.24) is 0 Å². The standard InChI is InChI=1S/C26H23NO5/c1-17-6-4-7-19(12-17)16-31-23-11-10-18(14-24(23)30-3)13-22-26(28)32-25(27-22)20-8-5-9-21(15-20)29-2/h4-15H,16H2,1-3H3/b22-13-. The lowest BCUT2D eigenvalue weighted by Crippen LogP contribution is -2.05. The minimum atomic E-state index is -0.512. The van der Waals surface area contributed by atoms with Gasteiger partial charge in [-0.3, -0.25) is 0 Å². The number of carbonyl (C=O) groups excluding carboxylic acids is 1. The fraction of sp³-hybridized carbons (Fsp3) is 0.154. The maximum Gasteiger partial charge on any atom is 0.363 e. The molecule has 3 aromatic rings. The van der Waals surface area contributed by atoms with Gasteiger partial charge in [-0.1, -0.05) is 42.0 Å². The SMILES string of the molecule is COc1cccc(C2=N/C(=C\c3ccc(OCc4cccc(C)c4)c(OC)c3)C(=O)O2)c1. The molecular formula is C26H23NO5. The average molecular weight is 429 g/mol. The van der Waals surface area contributed by atoms with Crippen molar-refractivity contribution in [3.8, 4) is 17.2 Å². The summed E-state index contributed by atoms with van der Waals surface area (Å²) in [6, 6.07) is 20.8. The number of ether oxygens (including phenoxy) is 4. The Morgan fingerprint density at radius 2 is 1.78 bits per heavy atom. The van der Waals surface area contributed by atoms with Crippen LogP contribution in [0.25, 0.3) is 6.08 Å². The zero-order valence-corrected chi connectivity index (χ0v) is 18.1. The molecule has 0 radical (unpaired) electrons. The van der Waals surface area contributed by atoms with E-state index in [4.69, 9.17) is 18.9 Å². The van der Waals surface area contributed by atoms with E-state index in [9.17, 15) is 4.79 Å². The number of nitrogens with zero attached hydrogens (tertiary/aromatic N) is 1. The minimum Gasteiger partial charge on any atom is -0.497 e. The van der Waals surface area contributed by atoms with Gasteiger partial charge >= 0.3 is 5.97 Å². The molecule has 0 saturated heterocycles. The quantitative estimate of drug-likeness (QED) is 0.393. The second-order valence-electron chi connectivity index (χ2n) is 7.26. The predicted molar refractivity (Wildman–Crippen MR) is 122 cm³/mol. The Kier molecular flexibility index (Phi) is 6.22. The van der Waals surface area contributed by atoms with E-state index >= 15 is 0 Å². The van der Waals surface area contributed by atoms with Crippen molar-refractivity contribution < 1.29 is 23.7 Å². The van der Waals surface area contributed by atoms with Crippen LogP contribution in [0.1, 0.15) is 22.3 Å². The number of benzene rings is 3. The molecule has 0 fully saturated rings. The molecule has 1 aliphatic heterocycles. The van der Waals surface area contributed by atoms with Gasteiger partial charge in [-0.05, 0) is 54.5 Å². The highest BCUT2D eigenvalue weighted by Gasteiger charge is 2.24. The average Bonchev–Trinajstić information content (AvgIpc) is 3.18. The van der Waals surface area contributed by atoms with E-state index in [2.05, 4.69) is 11.1 Å². The second kappa shape index (κ2) is 9.39. The summed E-state index contributed by atoms with van der Waals surface area (Å²) in [6.07, 6.45) is 1.66. The molecule has 0 amide bonds. The number of aryl methyl sites for hydroxylation is 1. The molecule has 0 spiro atoms. The summed E-state index contributed by atoms with van der Waals surface area (Å²) in [5.74, 6) is 1.57. The van der Waals surface area contributed by atoms with Crippen LogP contribution in [0.15, 0.2) is 77.4 Å². The number of hydrogen-bond donors (Lipinski definition) is 0. The van der Waals surface area contributed by atoms with Crippen molar-refractivity contribution in [3.05, 3.63) is 94.7 Å². The number of cyclic esters (lactones) is 1. The molecule has 0 aromatic heterocycles. The van der Waals surface area contributed by atoms with E-state index in [1.165, 1.54) is 5.56 Å². The van der Waals surface area contributed by atoms with Crippen LogP contribution in [0.3, 0.4) is 0 Å². The molecular weight excluding hydrogens is 406 g/mol. The van der Waals surface area contributed by atoms with Crippen LogP contribution in [0.5, 0.6) is 17.2 Å². The summed E-state index contributed by atoms with van der Waals surface area (Å²) < 4.78 is 22.0. The highest BCUT2D eigenvalue weighted by Crippen LogP contribution is 2.30. The van der Waals surface area contributed by atoms with Crippen LogP contribution in [0, 0.1) is 6.92 Å². The van der Waals surface area contributed by atoms with Gasteiger partial charge in [0.1, 0.15) is 12.4 Å². The second-order valence-corrected chi connectivity index (χ2v) is 7.26. The number of methoxy groups -OCH3 is 2. The Balaban J connectivity index is 1.54. The minimum absolute atomic E-state index is 0.207. The number of esters is 1. The van der Waals surface area contributed by atoms with Crippen molar-refractivity contribution >= 4 is 17.9 Å². The van der Waals surface area contributed by atoms with E-state index in [0.717, 1.165) is 11.1 Å². The van der Waals surface area contributed by atoms with Crippen molar-refractivity contribution in [2.24, 2.45) is 4.99 Å². The summed E-state index contributed by atoms with van der Waals surface area (Å²) >= 11 is 0. The van der Waals surface area contributed by atoms with E-state index in [1.807, 2.05) is 49.4 Å². The smallest absolute Gasteiger partial charge is 0.363 e. The highest BCUT2D eigenvalue weighted by atomic mass is 16.6. The normalized spacial score (nSPS) is 14.2. The lowest BCUT2D eigenvalue weighted by Gasteiger charge is -2.12. The summed E-state index contributed by atoms with van der Waals surface area (Å²) in [5, 5.41) is 0. The summed E-state index contributed by atoms with van der Waals surface area (Å²) in [7, 11) is 3.16. The molecule has 32 heavy (non-hydrogen) atoms. The molecule has 4 rings (SSSR count). The lowest BCUT2D eigenvalue weighted by molar-refractivity contribution is -0.129. The molecule has 0 bridgehead atoms. The Morgan fingerprint density at radius 1 is 0.938 bits per heavy atom. The van der Waals surface area contributed by atoms with Crippen LogP contribution in [-0.2, 0) is 16.1 Å². The van der Waals surface area contributed by atoms with Gasteiger partial charge in [-0.25, -0.2) is 9.79 Å². The summed E-state index contributed by atoms with van der Waals surface area (Å²) in [4.78, 5) is 16.7. The van der Waals surface area contributed by atoms with Crippen LogP contribution < -0.4 is 14.2 Å². The first-order valence-corrected chi connectivity index (χ1v) is 10.1. The molecule has 1 heterocycles. The van der Waals surface area contributed by atoms with Gasteiger partial charge in [-0.15, -0.1) is 0 Å². The number of rotatable bonds is 7. The monoisotopic (exact) mass is 429 g/mol.